The first-order valence-electron chi connectivity index (χ1n) is 9.61. The quantitative estimate of drug-likeness (QED) is 0.158. The van der Waals surface area contributed by atoms with Crippen LogP contribution in [-0.2, 0) is 11.2 Å². The van der Waals surface area contributed by atoms with E-state index in [0.29, 0.717) is 13.2 Å². The van der Waals surface area contributed by atoms with E-state index in [1.807, 2.05) is 0 Å². The molecule has 2 aromatic heterocycles. The highest BCUT2D eigenvalue weighted by Crippen LogP contribution is 2.17. The molecule has 0 unspecified atom stereocenters. The third-order valence-electron chi connectivity index (χ3n) is 4.04. The van der Waals surface area contributed by atoms with Gasteiger partial charge in [-0.3, -0.25) is 20.6 Å². The Labute approximate surface area is 179 Å². The van der Waals surface area contributed by atoms with E-state index in [4.69, 9.17) is 33.2 Å². The van der Waals surface area contributed by atoms with Crippen molar-refractivity contribution in [3.05, 3.63) is 23.0 Å². The number of nitrogens with two attached hydrogens (primary N) is 2. The number of nitrogens with one attached hydrogen (secondary N) is 4. The van der Waals surface area contributed by atoms with Crippen LogP contribution in [0.4, 0.5) is 11.6 Å². The smallest absolute Gasteiger partial charge is 0.280 e. The Balaban J connectivity index is 1.47. The van der Waals surface area contributed by atoms with Crippen LogP contribution in [0.3, 0.4) is 0 Å². The van der Waals surface area contributed by atoms with Gasteiger partial charge in [0.15, 0.2) is 28.4 Å². The topological polar surface area (TPSA) is 194 Å². The lowest BCUT2D eigenvalue weighted by molar-refractivity contribution is 0.0971. The highest BCUT2D eigenvalue weighted by atomic mass is 35.5. The number of unbranched alkanes of at least 4 members (excludes halogenated alkanes) is 3. The fourth-order valence-electron chi connectivity index (χ4n) is 2.52. The molecule has 0 aliphatic carbocycles. The molecule has 0 aliphatic rings. The van der Waals surface area contributed by atoms with Gasteiger partial charge >= 0.3 is 0 Å². The molecule has 2 heterocycles. The number of aromatic nitrogens is 5. The van der Waals surface area contributed by atoms with Crippen LogP contribution in [0, 0.1) is 5.41 Å². The summed E-state index contributed by atoms with van der Waals surface area (Å²) in [7, 11) is 0. The van der Waals surface area contributed by atoms with Crippen molar-refractivity contribution in [1.82, 2.24) is 35.8 Å². The molecule has 2 rings (SSSR count). The molecule has 164 valence electrons. The number of hydrogen-bond donors (Lipinski definition) is 6. The summed E-state index contributed by atoms with van der Waals surface area (Å²) in [4.78, 5) is 23.7. The second-order valence-electron chi connectivity index (χ2n) is 6.45. The summed E-state index contributed by atoms with van der Waals surface area (Å²) in [6.07, 6.45) is 7.10. The second kappa shape index (κ2) is 12.5. The molecule has 30 heavy (non-hydrogen) atoms. The maximum atomic E-state index is 12.1. The fourth-order valence-corrected chi connectivity index (χ4v) is 2.64. The number of H-pyrrole nitrogens is 1. The number of hydrogen-bond acceptors (Lipinski definition) is 9. The van der Waals surface area contributed by atoms with E-state index in [1.165, 1.54) is 6.33 Å². The Kier molecular flexibility index (Phi) is 9.74. The predicted octanol–water partition coefficient (Wildman–Crippen LogP) is 0.876. The molecule has 0 atom stereocenters. The Hall–Kier alpha value is -2.99. The van der Waals surface area contributed by atoms with Gasteiger partial charge in [0, 0.05) is 26.2 Å². The number of guanidine groups is 1. The number of aryl methyl sites for hydroxylation is 1. The van der Waals surface area contributed by atoms with Crippen LogP contribution < -0.4 is 22.1 Å². The molecule has 2 aromatic rings. The van der Waals surface area contributed by atoms with Gasteiger partial charge in [-0.2, -0.15) is 5.10 Å². The van der Waals surface area contributed by atoms with Crippen LogP contribution >= 0.6 is 11.6 Å². The summed E-state index contributed by atoms with van der Waals surface area (Å²) in [5.41, 5.74) is 10.9. The molecular weight excluding hydrogens is 412 g/mol. The molecule has 0 bridgehead atoms. The maximum absolute atomic E-state index is 12.1. The van der Waals surface area contributed by atoms with Crippen LogP contribution in [0.5, 0.6) is 0 Å². The average Bonchev–Trinajstić information content (AvgIpc) is 3.22. The Morgan fingerprint density at radius 2 is 1.90 bits per heavy atom. The standard InChI is InChI=1S/C17H27ClN10O2/c18-13-15(20)26-14(19)12(25-13)16(29)27-17(21)22-7-3-1-2-4-8-30-9-5-6-11-23-10-24-28-11/h10H,1-9H2,(H4,19,20,26)(H,23,24,28)(H3,21,22,27,29). The van der Waals surface area contributed by atoms with Crippen LogP contribution in [0.25, 0.3) is 0 Å². The summed E-state index contributed by atoms with van der Waals surface area (Å²) >= 11 is 5.75. The van der Waals surface area contributed by atoms with Gasteiger partial charge in [-0.05, 0) is 19.3 Å². The van der Waals surface area contributed by atoms with Crippen LogP contribution in [0.2, 0.25) is 5.15 Å². The van der Waals surface area contributed by atoms with E-state index in [-0.39, 0.29) is 28.4 Å². The average molecular weight is 439 g/mol. The zero-order valence-electron chi connectivity index (χ0n) is 16.6. The molecule has 0 fully saturated rings. The predicted molar refractivity (Wildman–Crippen MR) is 113 cm³/mol. The fraction of sp³-hybridized carbons (Fsp3) is 0.529. The molecule has 0 spiro atoms. The number of carbonyl (C=O) groups excluding carboxylic acids is 1. The number of halogens is 1. The summed E-state index contributed by atoms with van der Waals surface area (Å²) in [6, 6.07) is 0. The van der Waals surface area contributed by atoms with E-state index in [9.17, 15) is 4.79 Å². The summed E-state index contributed by atoms with van der Waals surface area (Å²) < 4.78 is 5.59. The summed E-state index contributed by atoms with van der Waals surface area (Å²) in [5, 5.41) is 19.4. The van der Waals surface area contributed by atoms with Gasteiger partial charge in [-0.15, -0.1) is 0 Å². The third kappa shape index (κ3) is 8.17. The molecule has 13 heteroatoms. The zero-order valence-corrected chi connectivity index (χ0v) is 17.3. The van der Waals surface area contributed by atoms with Crippen molar-refractivity contribution in [2.45, 2.75) is 38.5 Å². The van der Waals surface area contributed by atoms with Crippen molar-refractivity contribution in [3.63, 3.8) is 0 Å². The van der Waals surface area contributed by atoms with Crippen LogP contribution in [0.1, 0.15) is 48.4 Å². The number of carbonyl (C=O) groups is 1. The number of aromatic amines is 1. The Morgan fingerprint density at radius 1 is 1.13 bits per heavy atom. The van der Waals surface area contributed by atoms with Gasteiger partial charge < -0.3 is 21.5 Å². The van der Waals surface area contributed by atoms with Crippen molar-refractivity contribution < 1.29 is 9.53 Å². The van der Waals surface area contributed by atoms with Gasteiger partial charge in [0.25, 0.3) is 5.91 Å². The maximum Gasteiger partial charge on any atom is 0.280 e. The summed E-state index contributed by atoms with van der Waals surface area (Å²) in [6.45, 7) is 1.98. The first-order chi connectivity index (χ1) is 14.5. The van der Waals surface area contributed by atoms with Crippen molar-refractivity contribution in [2.75, 3.05) is 31.2 Å². The second-order valence-corrected chi connectivity index (χ2v) is 6.81. The van der Waals surface area contributed by atoms with Crippen LogP contribution in [0.15, 0.2) is 6.33 Å². The lowest BCUT2D eigenvalue weighted by atomic mass is 10.2. The number of nitrogen functional groups attached to an aromatic ring is 2. The van der Waals surface area contributed by atoms with Gasteiger partial charge in [0.2, 0.25) is 0 Å². The van der Waals surface area contributed by atoms with Crippen molar-refractivity contribution in [2.24, 2.45) is 0 Å². The summed E-state index contributed by atoms with van der Waals surface area (Å²) in [5.74, 6) is -0.163. The first-order valence-corrected chi connectivity index (χ1v) is 9.99. The van der Waals surface area contributed by atoms with Gasteiger partial charge in [-0.25, -0.2) is 15.0 Å². The molecular formula is C17H27ClN10O2. The molecule has 0 aliphatic heterocycles. The van der Waals surface area contributed by atoms with E-state index < -0.39 is 5.91 Å². The molecule has 0 saturated heterocycles. The molecule has 0 radical (unpaired) electrons. The van der Waals surface area contributed by atoms with E-state index >= 15 is 0 Å². The lowest BCUT2D eigenvalue weighted by Crippen LogP contribution is -2.41. The molecule has 0 aromatic carbocycles. The van der Waals surface area contributed by atoms with Crippen LogP contribution in [-0.4, -0.2) is 56.8 Å². The largest absolute Gasteiger partial charge is 0.382 e. The zero-order chi connectivity index (χ0) is 21.8. The van der Waals surface area contributed by atoms with Gasteiger partial charge in [0.05, 0.1) is 0 Å². The first kappa shape index (κ1) is 23.3. The van der Waals surface area contributed by atoms with E-state index in [2.05, 4.69) is 35.8 Å². The highest BCUT2D eigenvalue weighted by Gasteiger charge is 2.16. The van der Waals surface area contributed by atoms with Crippen molar-refractivity contribution >= 4 is 35.1 Å². The monoisotopic (exact) mass is 438 g/mol. The van der Waals surface area contributed by atoms with Crippen molar-refractivity contribution in [1.29, 1.82) is 5.41 Å². The minimum Gasteiger partial charge on any atom is -0.382 e. The van der Waals surface area contributed by atoms with Gasteiger partial charge in [-0.1, -0.05) is 24.4 Å². The number of ether oxygens (including phenoxy) is 1. The molecule has 1 amide bonds. The molecule has 12 nitrogen and oxygen atoms in total. The number of rotatable bonds is 12. The SMILES string of the molecule is N=C(NCCCCCCOCCCc1ncn[nH]1)NC(=O)c1nc(Cl)c(N)nc1N. The molecule has 0 saturated carbocycles. The van der Waals surface area contributed by atoms with Gasteiger partial charge in [0.1, 0.15) is 12.2 Å². The number of anilines is 2. The number of amides is 1. The Bertz CT molecular complexity index is 815. The highest BCUT2D eigenvalue weighted by molar-refractivity contribution is 6.31. The number of nitrogens with zero attached hydrogens (tertiary/aromatic N) is 4. The van der Waals surface area contributed by atoms with E-state index in [1.54, 1.807) is 0 Å². The van der Waals surface area contributed by atoms with E-state index in [0.717, 1.165) is 51.0 Å². The minimum absolute atomic E-state index is 0.0595. The Morgan fingerprint density at radius 3 is 2.67 bits per heavy atom. The minimum atomic E-state index is -0.681. The van der Waals surface area contributed by atoms with Crippen molar-refractivity contribution in [3.8, 4) is 0 Å². The molecule has 8 N–H and O–H groups in total. The third-order valence-corrected chi connectivity index (χ3v) is 4.32. The lowest BCUT2D eigenvalue weighted by Gasteiger charge is -2.10. The normalized spacial score (nSPS) is 10.7.